The van der Waals surface area contributed by atoms with Gasteiger partial charge in [0.25, 0.3) is 0 Å². The molecule has 0 atom stereocenters. The highest BCUT2D eigenvalue weighted by Gasteiger charge is 2.16. The van der Waals surface area contributed by atoms with E-state index in [1.54, 1.807) is 0 Å². The van der Waals surface area contributed by atoms with Gasteiger partial charge in [0, 0.05) is 18.8 Å². The van der Waals surface area contributed by atoms with Gasteiger partial charge in [-0.3, -0.25) is 9.69 Å². The Morgan fingerprint density at radius 2 is 1.88 bits per heavy atom. The van der Waals surface area contributed by atoms with E-state index < -0.39 is 0 Å². The first kappa shape index (κ1) is 16.5. The topological polar surface area (TPSA) is 32.3 Å². The van der Waals surface area contributed by atoms with Gasteiger partial charge in [0.05, 0.1) is 6.54 Å². The van der Waals surface area contributed by atoms with Crippen molar-refractivity contribution in [2.45, 2.75) is 20.3 Å². The minimum atomic E-state index is 0.0558. The number of carbonyl (C=O) groups is 1. The summed E-state index contributed by atoms with van der Waals surface area (Å²) >= 11 is 0. The molecule has 3 heteroatoms. The van der Waals surface area contributed by atoms with Gasteiger partial charge in [-0.25, -0.2) is 0 Å². The van der Waals surface area contributed by atoms with Crippen molar-refractivity contribution in [1.82, 2.24) is 4.90 Å². The van der Waals surface area contributed by atoms with E-state index in [2.05, 4.69) is 53.5 Å². The third-order valence-electron chi connectivity index (χ3n) is 4.68. The van der Waals surface area contributed by atoms with Crippen LogP contribution in [0.2, 0.25) is 0 Å². The van der Waals surface area contributed by atoms with E-state index in [1.807, 2.05) is 25.1 Å². The van der Waals surface area contributed by atoms with Crippen LogP contribution in [0.4, 0.5) is 5.69 Å². The number of nitrogens with one attached hydrogen (secondary N) is 1. The number of hydrogen-bond acceptors (Lipinski definition) is 2. The molecule has 1 aliphatic heterocycles. The van der Waals surface area contributed by atoms with Crippen molar-refractivity contribution in [3.8, 4) is 0 Å². The molecule has 1 N–H and O–H groups in total. The van der Waals surface area contributed by atoms with Gasteiger partial charge in [-0.05, 0) is 48.6 Å². The molecular formula is C21H24N2O. The molecular weight excluding hydrogens is 296 g/mol. The summed E-state index contributed by atoms with van der Waals surface area (Å²) in [6.07, 6.45) is 3.23. The molecule has 0 bridgehead atoms. The van der Waals surface area contributed by atoms with Crippen LogP contribution in [-0.4, -0.2) is 30.4 Å². The van der Waals surface area contributed by atoms with Crippen molar-refractivity contribution in [1.29, 1.82) is 0 Å². The van der Waals surface area contributed by atoms with E-state index in [4.69, 9.17) is 0 Å². The van der Waals surface area contributed by atoms with Gasteiger partial charge in [0.15, 0.2) is 0 Å². The Kier molecular flexibility index (Phi) is 5.11. The number of benzene rings is 2. The van der Waals surface area contributed by atoms with E-state index in [0.29, 0.717) is 6.54 Å². The van der Waals surface area contributed by atoms with Crippen molar-refractivity contribution in [2.24, 2.45) is 0 Å². The summed E-state index contributed by atoms with van der Waals surface area (Å²) in [5, 5.41) is 3.04. The van der Waals surface area contributed by atoms with Gasteiger partial charge in [0.1, 0.15) is 0 Å². The lowest BCUT2D eigenvalue weighted by Crippen LogP contribution is -2.36. The smallest absolute Gasteiger partial charge is 0.238 e. The number of aryl methyl sites for hydroxylation is 1. The van der Waals surface area contributed by atoms with Gasteiger partial charge < -0.3 is 5.32 Å². The molecule has 24 heavy (non-hydrogen) atoms. The summed E-state index contributed by atoms with van der Waals surface area (Å²) in [5.41, 5.74) is 5.91. The molecule has 124 valence electrons. The van der Waals surface area contributed by atoms with Crippen LogP contribution in [0, 0.1) is 13.8 Å². The quantitative estimate of drug-likeness (QED) is 0.922. The Hall–Kier alpha value is -2.39. The first-order valence-corrected chi connectivity index (χ1v) is 8.46. The first-order valence-electron chi connectivity index (χ1n) is 8.46. The Morgan fingerprint density at radius 3 is 2.58 bits per heavy atom. The van der Waals surface area contributed by atoms with E-state index in [-0.39, 0.29) is 5.91 Å². The zero-order chi connectivity index (χ0) is 16.9. The monoisotopic (exact) mass is 320 g/mol. The minimum absolute atomic E-state index is 0.0558. The number of nitrogens with zero attached hydrogens (tertiary/aromatic N) is 1. The molecule has 0 saturated carbocycles. The van der Waals surface area contributed by atoms with E-state index >= 15 is 0 Å². The second kappa shape index (κ2) is 7.45. The number of amides is 1. The van der Waals surface area contributed by atoms with Crippen molar-refractivity contribution < 1.29 is 4.79 Å². The van der Waals surface area contributed by atoms with Crippen molar-refractivity contribution in [2.75, 3.05) is 25.0 Å². The van der Waals surface area contributed by atoms with Crippen molar-refractivity contribution >= 4 is 17.2 Å². The molecule has 0 spiro atoms. The molecule has 1 amide bonds. The summed E-state index contributed by atoms with van der Waals surface area (Å²) in [4.78, 5) is 14.5. The summed E-state index contributed by atoms with van der Waals surface area (Å²) in [6.45, 7) is 6.28. The molecule has 0 saturated heterocycles. The summed E-state index contributed by atoms with van der Waals surface area (Å²) in [5.74, 6) is 0.0558. The van der Waals surface area contributed by atoms with Crippen LogP contribution in [-0.2, 0) is 4.79 Å². The van der Waals surface area contributed by atoms with Crippen LogP contribution in [0.15, 0.2) is 54.6 Å². The van der Waals surface area contributed by atoms with Gasteiger partial charge in [-0.1, -0.05) is 48.5 Å². The maximum absolute atomic E-state index is 12.3. The number of anilines is 1. The normalized spacial score (nSPS) is 15.0. The van der Waals surface area contributed by atoms with Crippen LogP contribution in [0.5, 0.6) is 0 Å². The molecule has 1 aliphatic rings. The molecule has 3 rings (SSSR count). The van der Waals surface area contributed by atoms with Gasteiger partial charge in [-0.15, -0.1) is 0 Å². The Balaban J connectivity index is 1.57. The molecule has 0 aromatic heterocycles. The van der Waals surface area contributed by atoms with Crippen LogP contribution in [0.3, 0.4) is 0 Å². The summed E-state index contributed by atoms with van der Waals surface area (Å²) in [7, 11) is 0. The number of rotatable bonds is 4. The van der Waals surface area contributed by atoms with E-state index in [9.17, 15) is 4.79 Å². The van der Waals surface area contributed by atoms with Gasteiger partial charge >= 0.3 is 0 Å². The fourth-order valence-electron chi connectivity index (χ4n) is 3.05. The average molecular weight is 320 g/mol. The SMILES string of the molecule is Cc1cccc(NC(=O)CN2CC=C(c3ccccc3)CC2)c1C. The third-order valence-corrected chi connectivity index (χ3v) is 4.68. The standard InChI is InChI=1S/C21H24N2O/c1-16-7-6-10-20(17(16)2)22-21(24)15-23-13-11-19(12-14-23)18-8-4-3-5-9-18/h3-11H,12-15H2,1-2H3,(H,22,24). The summed E-state index contributed by atoms with van der Waals surface area (Å²) in [6, 6.07) is 16.5. The van der Waals surface area contributed by atoms with E-state index in [0.717, 1.165) is 30.8 Å². The average Bonchev–Trinajstić information content (AvgIpc) is 2.60. The maximum Gasteiger partial charge on any atom is 0.238 e. The highest BCUT2D eigenvalue weighted by molar-refractivity contribution is 5.93. The fourth-order valence-corrected chi connectivity index (χ4v) is 3.05. The first-order chi connectivity index (χ1) is 11.6. The second-order valence-corrected chi connectivity index (χ2v) is 6.38. The second-order valence-electron chi connectivity index (χ2n) is 6.38. The van der Waals surface area contributed by atoms with Crippen molar-refractivity contribution in [3.63, 3.8) is 0 Å². The predicted octanol–water partition coefficient (Wildman–Crippen LogP) is 4.03. The zero-order valence-electron chi connectivity index (χ0n) is 14.4. The molecule has 0 radical (unpaired) electrons. The molecule has 0 fully saturated rings. The zero-order valence-corrected chi connectivity index (χ0v) is 14.4. The molecule has 0 aliphatic carbocycles. The van der Waals surface area contributed by atoms with Crippen LogP contribution in [0.1, 0.15) is 23.1 Å². The maximum atomic E-state index is 12.3. The molecule has 1 heterocycles. The molecule has 0 unspecified atom stereocenters. The van der Waals surface area contributed by atoms with Crippen LogP contribution >= 0.6 is 0 Å². The van der Waals surface area contributed by atoms with E-state index in [1.165, 1.54) is 16.7 Å². The number of hydrogen-bond donors (Lipinski definition) is 1. The highest BCUT2D eigenvalue weighted by atomic mass is 16.2. The van der Waals surface area contributed by atoms with Crippen LogP contribution < -0.4 is 5.32 Å². The lowest BCUT2D eigenvalue weighted by molar-refractivity contribution is -0.117. The molecule has 2 aromatic rings. The Bertz CT molecular complexity index is 750. The fraction of sp³-hybridized carbons (Fsp3) is 0.286. The van der Waals surface area contributed by atoms with Gasteiger partial charge in [0.2, 0.25) is 5.91 Å². The lowest BCUT2D eigenvalue weighted by Gasteiger charge is -2.26. The Morgan fingerprint density at radius 1 is 1.08 bits per heavy atom. The molecule has 2 aromatic carbocycles. The molecule has 3 nitrogen and oxygen atoms in total. The van der Waals surface area contributed by atoms with Crippen molar-refractivity contribution in [3.05, 3.63) is 71.3 Å². The lowest BCUT2D eigenvalue weighted by atomic mass is 10.00. The van der Waals surface area contributed by atoms with Gasteiger partial charge in [-0.2, -0.15) is 0 Å². The predicted molar refractivity (Wildman–Crippen MR) is 100 cm³/mol. The summed E-state index contributed by atoms with van der Waals surface area (Å²) < 4.78 is 0. The number of carbonyl (C=O) groups excluding carboxylic acids is 1. The van der Waals surface area contributed by atoms with Crippen LogP contribution in [0.25, 0.3) is 5.57 Å². The largest absolute Gasteiger partial charge is 0.325 e. The highest BCUT2D eigenvalue weighted by Crippen LogP contribution is 2.22. The minimum Gasteiger partial charge on any atom is -0.325 e. The Labute approximate surface area is 144 Å². The third kappa shape index (κ3) is 3.92.